The minimum absolute atomic E-state index is 0.183. The molecule has 6 heteroatoms. The fraction of sp³-hybridized carbons (Fsp3) is 0.250. The third-order valence-electron chi connectivity index (χ3n) is 2.57. The lowest BCUT2D eigenvalue weighted by Gasteiger charge is -2.06. The molecule has 18 heavy (non-hydrogen) atoms. The van der Waals surface area contributed by atoms with Crippen molar-refractivity contribution in [3.8, 4) is 0 Å². The predicted octanol–water partition coefficient (Wildman–Crippen LogP) is 3.40. The number of nitrogens with zero attached hydrogens (tertiary/aromatic N) is 2. The molecule has 0 saturated carbocycles. The topological polar surface area (TPSA) is 17.8 Å². The normalized spacial score (nSPS) is 11.8. The molecule has 0 radical (unpaired) electrons. The molecule has 1 heterocycles. The van der Waals surface area contributed by atoms with Gasteiger partial charge in [-0.15, -0.1) is 0 Å². The van der Waals surface area contributed by atoms with Gasteiger partial charge in [0.05, 0.1) is 6.54 Å². The largest absolute Gasteiger partial charge is 0.435 e. The van der Waals surface area contributed by atoms with E-state index in [0.717, 1.165) is 11.6 Å². The Labute approximate surface area is 101 Å². The summed E-state index contributed by atoms with van der Waals surface area (Å²) in [6.45, 7) is 1.88. The molecule has 1 aromatic carbocycles. The molecule has 0 saturated heterocycles. The molecule has 0 aliphatic heterocycles. The summed E-state index contributed by atoms with van der Waals surface area (Å²) in [6.07, 6.45) is -3.19. The molecular formula is C12H10F4N2. The van der Waals surface area contributed by atoms with Gasteiger partial charge in [0.2, 0.25) is 0 Å². The lowest BCUT2D eigenvalue weighted by molar-refractivity contribution is -0.141. The zero-order valence-electron chi connectivity index (χ0n) is 9.50. The zero-order valence-corrected chi connectivity index (χ0v) is 9.50. The Morgan fingerprint density at radius 1 is 1.22 bits per heavy atom. The van der Waals surface area contributed by atoms with Crippen LogP contribution in [0.25, 0.3) is 0 Å². The van der Waals surface area contributed by atoms with Crippen LogP contribution < -0.4 is 0 Å². The molecule has 0 fully saturated rings. The standard InChI is InChI=1S/C12H10F4N2/c1-8-6-10(13)3-2-9(8)7-18-5-4-11(17-18)12(14,15)16/h2-6H,7H2,1H3. The minimum Gasteiger partial charge on any atom is -0.268 e. The number of rotatable bonds is 2. The summed E-state index contributed by atoms with van der Waals surface area (Å²) >= 11 is 0. The number of aryl methyl sites for hydroxylation is 1. The Morgan fingerprint density at radius 3 is 2.50 bits per heavy atom. The Kier molecular flexibility index (Phi) is 3.11. The second-order valence-electron chi connectivity index (χ2n) is 3.97. The van der Waals surface area contributed by atoms with Gasteiger partial charge in [-0.3, -0.25) is 4.68 Å². The monoisotopic (exact) mass is 258 g/mol. The van der Waals surface area contributed by atoms with Crippen LogP contribution in [0, 0.1) is 12.7 Å². The van der Waals surface area contributed by atoms with Gasteiger partial charge in [0, 0.05) is 6.20 Å². The van der Waals surface area contributed by atoms with Gasteiger partial charge in [-0.05, 0) is 36.2 Å². The Morgan fingerprint density at radius 2 is 1.94 bits per heavy atom. The van der Waals surface area contributed by atoms with E-state index in [2.05, 4.69) is 5.10 Å². The fourth-order valence-electron chi connectivity index (χ4n) is 1.61. The Balaban J connectivity index is 2.21. The van der Waals surface area contributed by atoms with Crippen LogP contribution in [0.3, 0.4) is 0 Å². The van der Waals surface area contributed by atoms with Crippen LogP contribution in [0.15, 0.2) is 30.5 Å². The molecule has 0 amide bonds. The minimum atomic E-state index is -4.44. The van der Waals surface area contributed by atoms with Crippen LogP contribution in [0.5, 0.6) is 0 Å². The average molecular weight is 258 g/mol. The van der Waals surface area contributed by atoms with Gasteiger partial charge in [-0.1, -0.05) is 6.07 Å². The summed E-state index contributed by atoms with van der Waals surface area (Å²) in [4.78, 5) is 0. The summed E-state index contributed by atoms with van der Waals surface area (Å²) in [5, 5.41) is 3.44. The predicted molar refractivity (Wildman–Crippen MR) is 57.5 cm³/mol. The fourth-order valence-corrected chi connectivity index (χ4v) is 1.61. The summed E-state index contributed by atoms with van der Waals surface area (Å²) in [7, 11) is 0. The SMILES string of the molecule is Cc1cc(F)ccc1Cn1ccc(C(F)(F)F)n1. The second kappa shape index (κ2) is 4.44. The molecule has 0 spiro atoms. The molecule has 0 aliphatic carbocycles. The van der Waals surface area contributed by atoms with E-state index in [9.17, 15) is 17.6 Å². The smallest absolute Gasteiger partial charge is 0.268 e. The van der Waals surface area contributed by atoms with E-state index < -0.39 is 11.9 Å². The highest BCUT2D eigenvalue weighted by Gasteiger charge is 2.33. The highest BCUT2D eigenvalue weighted by atomic mass is 19.4. The van der Waals surface area contributed by atoms with Gasteiger partial charge >= 0.3 is 6.18 Å². The van der Waals surface area contributed by atoms with Gasteiger partial charge in [-0.2, -0.15) is 18.3 Å². The highest BCUT2D eigenvalue weighted by molar-refractivity contribution is 5.26. The quantitative estimate of drug-likeness (QED) is 0.755. The first kappa shape index (κ1) is 12.6. The number of halogens is 4. The first-order chi connectivity index (χ1) is 8.36. The van der Waals surface area contributed by atoms with Crippen molar-refractivity contribution in [3.05, 3.63) is 53.1 Å². The van der Waals surface area contributed by atoms with Gasteiger partial charge in [0.25, 0.3) is 0 Å². The van der Waals surface area contributed by atoms with Crippen molar-refractivity contribution < 1.29 is 17.6 Å². The number of alkyl halides is 3. The van der Waals surface area contributed by atoms with E-state index >= 15 is 0 Å². The van der Waals surface area contributed by atoms with E-state index in [4.69, 9.17) is 0 Å². The van der Waals surface area contributed by atoms with E-state index in [-0.39, 0.29) is 12.4 Å². The van der Waals surface area contributed by atoms with Crippen molar-refractivity contribution in [2.45, 2.75) is 19.6 Å². The van der Waals surface area contributed by atoms with E-state index in [1.165, 1.54) is 23.0 Å². The molecule has 0 unspecified atom stereocenters. The molecular weight excluding hydrogens is 248 g/mol. The average Bonchev–Trinajstić information content (AvgIpc) is 2.70. The van der Waals surface area contributed by atoms with Gasteiger partial charge in [0.1, 0.15) is 5.82 Å². The summed E-state index contributed by atoms with van der Waals surface area (Å²) in [5.74, 6) is -0.368. The van der Waals surface area contributed by atoms with Crippen molar-refractivity contribution in [1.82, 2.24) is 9.78 Å². The third-order valence-corrected chi connectivity index (χ3v) is 2.57. The van der Waals surface area contributed by atoms with Crippen molar-refractivity contribution in [2.75, 3.05) is 0 Å². The van der Waals surface area contributed by atoms with Crippen molar-refractivity contribution >= 4 is 0 Å². The van der Waals surface area contributed by atoms with Crippen molar-refractivity contribution in [2.24, 2.45) is 0 Å². The van der Waals surface area contributed by atoms with E-state index in [1.54, 1.807) is 13.0 Å². The number of hydrogen-bond acceptors (Lipinski definition) is 1. The zero-order chi connectivity index (χ0) is 13.3. The van der Waals surface area contributed by atoms with Crippen molar-refractivity contribution in [1.29, 1.82) is 0 Å². The van der Waals surface area contributed by atoms with E-state index in [1.807, 2.05) is 0 Å². The summed E-state index contributed by atoms with van der Waals surface area (Å²) in [6, 6.07) is 5.07. The Hall–Kier alpha value is -1.85. The maximum absolute atomic E-state index is 12.9. The third kappa shape index (κ3) is 2.69. The van der Waals surface area contributed by atoms with Crippen LogP contribution in [0.1, 0.15) is 16.8 Å². The Bertz CT molecular complexity index is 557. The number of aromatic nitrogens is 2. The maximum Gasteiger partial charge on any atom is 0.435 e. The van der Waals surface area contributed by atoms with Gasteiger partial charge in [-0.25, -0.2) is 4.39 Å². The molecule has 96 valence electrons. The molecule has 2 aromatic rings. The van der Waals surface area contributed by atoms with Crippen LogP contribution in [0.4, 0.5) is 17.6 Å². The molecule has 0 bridgehead atoms. The van der Waals surface area contributed by atoms with Crippen molar-refractivity contribution in [3.63, 3.8) is 0 Å². The molecule has 2 rings (SSSR count). The molecule has 2 nitrogen and oxygen atoms in total. The number of hydrogen-bond donors (Lipinski definition) is 0. The van der Waals surface area contributed by atoms with Gasteiger partial charge < -0.3 is 0 Å². The molecule has 0 N–H and O–H groups in total. The van der Waals surface area contributed by atoms with E-state index in [0.29, 0.717) is 5.56 Å². The molecule has 0 aliphatic rings. The summed E-state index contributed by atoms with van der Waals surface area (Å²) in [5.41, 5.74) is 0.481. The van der Waals surface area contributed by atoms with Gasteiger partial charge in [0.15, 0.2) is 5.69 Å². The first-order valence-electron chi connectivity index (χ1n) is 5.22. The lowest BCUT2D eigenvalue weighted by Crippen LogP contribution is -2.09. The first-order valence-corrected chi connectivity index (χ1v) is 5.22. The van der Waals surface area contributed by atoms with Crippen LogP contribution in [-0.2, 0) is 12.7 Å². The maximum atomic E-state index is 12.9. The highest BCUT2D eigenvalue weighted by Crippen LogP contribution is 2.27. The number of benzene rings is 1. The summed E-state index contributed by atoms with van der Waals surface area (Å²) < 4.78 is 51.1. The van der Waals surface area contributed by atoms with Crippen LogP contribution in [-0.4, -0.2) is 9.78 Å². The molecule has 1 aromatic heterocycles. The van der Waals surface area contributed by atoms with Crippen LogP contribution >= 0.6 is 0 Å². The second-order valence-corrected chi connectivity index (χ2v) is 3.97. The lowest BCUT2D eigenvalue weighted by atomic mass is 10.1. The van der Waals surface area contributed by atoms with Crippen LogP contribution in [0.2, 0.25) is 0 Å². The molecule has 0 atom stereocenters.